The Balaban J connectivity index is 2.17. The Labute approximate surface area is 88.3 Å². The van der Waals surface area contributed by atoms with Gasteiger partial charge in [0.25, 0.3) is 0 Å². The molecule has 0 aromatic carbocycles. The van der Waals surface area contributed by atoms with Crippen LogP contribution in [0.25, 0.3) is 0 Å². The van der Waals surface area contributed by atoms with Gasteiger partial charge in [0, 0.05) is 5.41 Å². The summed E-state index contributed by atoms with van der Waals surface area (Å²) < 4.78 is 0. The zero-order valence-corrected chi connectivity index (χ0v) is 8.66. The smallest absolute Gasteiger partial charge is 0.309 e. The highest BCUT2D eigenvalue weighted by molar-refractivity contribution is 5.87. The van der Waals surface area contributed by atoms with Gasteiger partial charge in [0.2, 0.25) is 0 Å². The highest BCUT2D eigenvalue weighted by Gasteiger charge is 2.55. The standard InChI is InChI=1S/C11H16O4/c12-7-8(13)10-1-4-11(5-2-10,6-3-10)9(14)15/h12H,1-7H2,(H,14,15). The van der Waals surface area contributed by atoms with E-state index >= 15 is 0 Å². The van der Waals surface area contributed by atoms with E-state index in [1.54, 1.807) is 0 Å². The molecule has 2 bridgehead atoms. The Kier molecular flexibility index (Phi) is 2.34. The van der Waals surface area contributed by atoms with Gasteiger partial charge in [-0.2, -0.15) is 0 Å². The molecule has 0 saturated heterocycles. The Morgan fingerprint density at radius 2 is 1.33 bits per heavy atom. The average molecular weight is 212 g/mol. The molecule has 4 heteroatoms. The number of carbonyl (C=O) groups excluding carboxylic acids is 1. The van der Waals surface area contributed by atoms with Crippen molar-refractivity contribution in [3.8, 4) is 0 Å². The number of hydrogen-bond acceptors (Lipinski definition) is 3. The lowest BCUT2D eigenvalue weighted by Crippen LogP contribution is -2.49. The van der Waals surface area contributed by atoms with Crippen LogP contribution in [0.2, 0.25) is 0 Å². The number of aliphatic hydroxyl groups excluding tert-OH is 1. The first-order valence-electron chi connectivity index (χ1n) is 5.42. The van der Waals surface area contributed by atoms with Crippen molar-refractivity contribution in [2.75, 3.05) is 6.61 Å². The minimum atomic E-state index is -0.716. The molecule has 2 N–H and O–H groups in total. The predicted molar refractivity (Wildman–Crippen MR) is 52.3 cm³/mol. The van der Waals surface area contributed by atoms with Crippen molar-refractivity contribution >= 4 is 11.8 Å². The SMILES string of the molecule is O=C(O)C12CCC(C(=O)CO)(CC1)CC2. The lowest BCUT2D eigenvalue weighted by atomic mass is 9.52. The topological polar surface area (TPSA) is 74.6 Å². The number of fused-ring (bicyclic) bond motifs is 3. The summed E-state index contributed by atoms with van der Waals surface area (Å²) in [5, 5.41) is 18.1. The third kappa shape index (κ3) is 1.39. The molecule has 3 aliphatic carbocycles. The molecule has 0 unspecified atom stereocenters. The van der Waals surface area contributed by atoms with Gasteiger partial charge in [-0.05, 0) is 38.5 Å². The third-order valence-corrected chi connectivity index (χ3v) is 4.44. The normalized spacial score (nSPS) is 39.0. The highest BCUT2D eigenvalue weighted by Crippen LogP contribution is 2.57. The van der Waals surface area contributed by atoms with Gasteiger partial charge in [0.1, 0.15) is 6.61 Å². The second kappa shape index (κ2) is 3.30. The van der Waals surface area contributed by atoms with E-state index in [1.807, 2.05) is 0 Å². The molecule has 0 heterocycles. The lowest BCUT2D eigenvalue weighted by Gasteiger charge is -2.50. The van der Waals surface area contributed by atoms with Crippen LogP contribution in [0.1, 0.15) is 38.5 Å². The zero-order chi connectivity index (χ0) is 11.1. The number of rotatable bonds is 3. The van der Waals surface area contributed by atoms with E-state index < -0.39 is 23.4 Å². The van der Waals surface area contributed by atoms with E-state index in [4.69, 9.17) is 10.2 Å². The van der Waals surface area contributed by atoms with Crippen molar-refractivity contribution in [3.63, 3.8) is 0 Å². The largest absolute Gasteiger partial charge is 0.481 e. The fourth-order valence-electron chi connectivity index (χ4n) is 3.09. The number of Topliss-reactive ketones (excluding diaryl/α,β-unsaturated/α-hetero) is 1. The van der Waals surface area contributed by atoms with Gasteiger partial charge in [-0.3, -0.25) is 9.59 Å². The Morgan fingerprint density at radius 1 is 0.933 bits per heavy atom. The molecule has 0 aliphatic heterocycles. The summed E-state index contributed by atoms with van der Waals surface area (Å²) in [6.07, 6.45) is 3.69. The van der Waals surface area contributed by atoms with Crippen molar-refractivity contribution in [2.45, 2.75) is 38.5 Å². The molecule has 84 valence electrons. The molecule has 0 spiro atoms. The first-order valence-corrected chi connectivity index (χ1v) is 5.42. The molecule has 3 saturated carbocycles. The molecule has 0 radical (unpaired) electrons. The van der Waals surface area contributed by atoms with E-state index in [9.17, 15) is 9.59 Å². The number of ketones is 1. The molecule has 0 aromatic heterocycles. The van der Waals surface area contributed by atoms with Crippen LogP contribution in [0.15, 0.2) is 0 Å². The molecule has 0 amide bonds. The average Bonchev–Trinajstić information content (AvgIpc) is 2.30. The highest BCUT2D eigenvalue weighted by atomic mass is 16.4. The lowest BCUT2D eigenvalue weighted by molar-refractivity contribution is -0.163. The van der Waals surface area contributed by atoms with E-state index in [2.05, 4.69) is 0 Å². The minimum absolute atomic E-state index is 0.0961. The van der Waals surface area contributed by atoms with Crippen LogP contribution in [0.5, 0.6) is 0 Å². The maximum absolute atomic E-state index is 11.6. The van der Waals surface area contributed by atoms with Crippen LogP contribution in [0, 0.1) is 10.8 Å². The number of hydrogen-bond donors (Lipinski definition) is 2. The van der Waals surface area contributed by atoms with Gasteiger partial charge in [0.15, 0.2) is 5.78 Å². The summed E-state index contributed by atoms with van der Waals surface area (Å²) in [4.78, 5) is 22.8. The number of carboxylic acid groups (broad SMARTS) is 1. The van der Waals surface area contributed by atoms with Crippen LogP contribution in [-0.2, 0) is 9.59 Å². The van der Waals surface area contributed by atoms with Gasteiger partial charge >= 0.3 is 5.97 Å². The molecule has 0 aromatic rings. The van der Waals surface area contributed by atoms with Gasteiger partial charge in [-0.1, -0.05) is 0 Å². The van der Waals surface area contributed by atoms with E-state index in [0.717, 1.165) is 0 Å². The van der Waals surface area contributed by atoms with E-state index in [1.165, 1.54) is 0 Å². The van der Waals surface area contributed by atoms with E-state index in [-0.39, 0.29) is 5.78 Å². The summed E-state index contributed by atoms with van der Waals surface area (Å²) >= 11 is 0. The Morgan fingerprint density at radius 3 is 1.67 bits per heavy atom. The summed E-state index contributed by atoms with van der Waals surface area (Å²) in [7, 11) is 0. The van der Waals surface area contributed by atoms with Crippen molar-refractivity contribution in [1.29, 1.82) is 0 Å². The quantitative estimate of drug-likeness (QED) is 0.731. The first kappa shape index (κ1) is 10.6. The van der Waals surface area contributed by atoms with Crippen molar-refractivity contribution in [3.05, 3.63) is 0 Å². The summed E-state index contributed by atoms with van der Waals surface area (Å²) in [6, 6.07) is 0. The van der Waals surface area contributed by atoms with Crippen LogP contribution in [-0.4, -0.2) is 28.6 Å². The number of aliphatic carboxylic acids is 1. The second-order valence-electron chi connectivity index (χ2n) is 4.95. The maximum atomic E-state index is 11.6. The minimum Gasteiger partial charge on any atom is -0.481 e. The van der Waals surface area contributed by atoms with Gasteiger partial charge < -0.3 is 10.2 Å². The fraction of sp³-hybridized carbons (Fsp3) is 0.818. The van der Waals surface area contributed by atoms with Crippen LogP contribution in [0.4, 0.5) is 0 Å². The van der Waals surface area contributed by atoms with Gasteiger partial charge in [-0.25, -0.2) is 0 Å². The molecule has 3 rings (SSSR count). The summed E-state index contributed by atoms with van der Waals surface area (Å²) in [6.45, 7) is -0.403. The zero-order valence-electron chi connectivity index (χ0n) is 8.66. The molecular weight excluding hydrogens is 196 g/mol. The summed E-state index contributed by atoms with van der Waals surface area (Å²) in [5.74, 6) is -0.812. The molecular formula is C11H16O4. The molecule has 15 heavy (non-hydrogen) atoms. The number of carboxylic acids is 1. The fourth-order valence-corrected chi connectivity index (χ4v) is 3.09. The molecule has 0 atom stereocenters. The number of aliphatic hydroxyl groups is 1. The van der Waals surface area contributed by atoms with Crippen molar-refractivity contribution < 1.29 is 19.8 Å². The molecule has 3 aliphatic rings. The van der Waals surface area contributed by atoms with Crippen LogP contribution in [0.3, 0.4) is 0 Å². The molecule has 4 nitrogen and oxygen atoms in total. The number of carbonyl (C=O) groups is 2. The third-order valence-electron chi connectivity index (χ3n) is 4.44. The Hall–Kier alpha value is -0.900. The Bertz CT molecular complexity index is 283. The first-order chi connectivity index (χ1) is 7.05. The van der Waals surface area contributed by atoms with Gasteiger partial charge in [-0.15, -0.1) is 0 Å². The monoisotopic (exact) mass is 212 g/mol. The van der Waals surface area contributed by atoms with Crippen molar-refractivity contribution in [2.24, 2.45) is 10.8 Å². The second-order valence-corrected chi connectivity index (χ2v) is 4.95. The van der Waals surface area contributed by atoms with Crippen LogP contribution >= 0.6 is 0 Å². The van der Waals surface area contributed by atoms with Crippen LogP contribution < -0.4 is 0 Å². The summed E-state index contributed by atoms with van der Waals surface area (Å²) in [5.41, 5.74) is -0.969. The van der Waals surface area contributed by atoms with Gasteiger partial charge in [0.05, 0.1) is 5.41 Å². The van der Waals surface area contributed by atoms with E-state index in [0.29, 0.717) is 38.5 Å². The maximum Gasteiger partial charge on any atom is 0.309 e. The van der Waals surface area contributed by atoms with Crippen molar-refractivity contribution in [1.82, 2.24) is 0 Å². The molecule has 3 fully saturated rings. The predicted octanol–water partition coefficient (Wildman–Crippen LogP) is 0.973.